The van der Waals surface area contributed by atoms with Gasteiger partial charge in [0.1, 0.15) is 11.3 Å². The van der Waals surface area contributed by atoms with E-state index in [1.54, 1.807) is 7.11 Å². The Morgan fingerprint density at radius 2 is 1.72 bits per heavy atom. The minimum Gasteiger partial charge on any atom is -0.380 e. The van der Waals surface area contributed by atoms with Crippen LogP contribution in [0.25, 0.3) is 21.9 Å². The Morgan fingerprint density at radius 1 is 0.966 bits per heavy atom. The Labute approximate surface area is 172 Å². The number of aromatic nitrogens is 3. The van der Waals surface area contributed by atoms with E-state index in [0.717, 1.165) is 37.1 Å². The summed E-state index contributed by atoms with van der Waals surface area (Å²) in [6.07, 6.45) is 2.88. The molecule has 4 aromatic rings. The van der Waals surface area contributed by atoms with Gasteiger partial charge in [0, 0.05) is 38.6 Å². The molecule has 1 aliphatic rings. The molecule has 0 saturated heterocycles. The zero-order valence-electron chi connectivity index (χ0n) is 17.6. The molecule has 0 aliphatic carbocycles. The molecule has 2 aromatic heterocycles. The van der Waals surface area contributed by atoms with Crippen LogP contribution in [0.3, 0.4) is 0 Å². The first-order chi connectivity index (χ1) is 14.4. The van der Waals surface area contributed by atoms with Gasteiger partial charge in [-0.25, -0.2) is 4.98 Å². The second kappa shape index (κ2) is 10.7. The molecule has 0 radical (unpaired) electrons. The number of methoxy groups -OCH3 is 1. The molecular formula is C24H30N4O. The van der Waals surface area contributed by atoms with Crippen molar-refractivity contribution in [1.82, 2.24) is 19.9 Å². The molecule has 0 saturated carbocycles. The maximum atomic E-state index is 4.93. The van der Waals surface area contributed by atoms with E-state index < -0.39 is 0 Å². The second-order valence-electron chi connectivity index (χ2n) is 6.61. The van der Waals surface area contributed by atoms with Crippen LogP contribution in [0.5, 0.6) is 0 Å². The predicted octanol–water partition coefficient (Wildman–Crippen LogP) is 4.59. The minimum atomic E-state index is 0.709. The summed E-state index contributed by atoms with van der Waals surface area (Å²) in [6.45, 7) is 7.71. The molecule has 1 N–H and O–H groups in total. The Morgan fingerprint density at radius 3 is 2.52 bits per heavy atom. The number of nitrogens with zero attached hydrogens (tertiary/aromatic N) is 3. The van der Waals surface area contributed by atoms with Gasteiger partial charge in [0.2, 0.25) is 0 Å². The fourth-order valence-corrected chi connectivity index (χ4v) is 3.50. The summed E-state index contributed by atoms with van der Waals surface area (Å²) in [4.78, 5) is 9.21. The average molecular weight is 391 g/mol. The number of rotatable bonds is 2. The molecule has 0 fully saturated rings. The molecule has 5 nitrogen and oxygen atoms in total. The van der Waals surface area contributed by atoms with Gasteiger partial charge in [-0.2, -0.15) is 0 Å². The number of hydrogen-bond donors (Lipinski definition) is 1. The molecule has 5 heteroatoms. The van der Waals surface area contributed by atoms with E-state index in [2.05, 4.69) is 33.1 Å². The highest BCUT2D eigenvalue weighted by atomic mass is 16.5. The van der Waals surface area contributed by atoms with Crippen molar-refractivity contribution in [1.29, 1.82) is 0 Å². The van der Waals surface area contributed by atoms with E-state index >= 15 is 0 Å². The Kier molecular flexibility index (Phi) is 7.73. The summed E-state index contributed by atoms with van der Waals surface area (Å²) in [6, 6.07) is 18.4. The highest BCUT2D eigenvalue weighted by Crippen LogP contribution is 2.25. The van der Waals surface area contributed by atoms with Crippen LogP contribution in [0.2, 0.25) is 0 Å². The average Bonchev–Trinajstić information content (AvgIpc) is 2.98. The van der Waals surface area contributed by atoms with Crippen molar-refractivity contribution in [3.63, 3.8) is 0 Å². The third-order valence-corrected chi connectivity index (χ3v) is 4.75. The largest absolute Gasteiger partial charge is 0.380 e. The number of ether oxygens (including phenoxy) is 1. The molecule has 0 atom stereocenters. The molecule has 5 rings (SSSR count). The molecule has 2 aromatic carbocycles. The molecule has 1 aliphatic heterocycles. The van der Waals surface area contributed by atoms with E-state index in [1.807, 2.05) is 56.4 Å². The summed E-state index contributed by atoms with van der Waals surface area (Å²) >= 11 is 0. The number of hydrogen-bond acceptors (Lipinski definition) is 4. The summed E-state index contributed by atoms with van der Waals surface area (Å²) in [7, 11) is 1.70. The number of pyridine rings is 1. The standard InChI is InChI=1S/C14H14N4.C8H10O.C2H6/c1-2-4-11-10(3-1)14-12(9-16-11)17-13-5-6-15-7-8-18(13)14;1-9-7-8-5-3-2-4-6-8;1-2/h1-4,9,15H,5-8H2;2-6H,7H2,1H3;1-2H3. The van der Waals surface area contributed by atoms with E-state index in [9.17, 15) is 0 Å². The molecule has 0 amide bonds. The fourth-order valence-electron chi connectivity index (χ4n) is 3.50. The van der Waals surface area contributed by atoms with Gasteiger partial charge in [-0.15, -0.1) is 0 Å². The van der Waals surface area contributed by atoms with Gasteiger partial charge in [-0.1, -0.05) is 62.4 Å². The van der Waals surface area contributed by atoms with Crippen LogP contribution in [-0.4, -0.2) is 34.7 Å². The Balaban J connectivity index is 0.000000186. The topological polar surface area (TPSA) is 52.0 Å². The van der Waals surface area contributed by atoms with E-state index in [1.165, 1.54) is 22.3 Å². The maximum Gasteiger partial charge on any atom is 0.111 e. The third kappa shape index (κ3) is 5.00. The third-order valence-electron chi connectivity index (χ3n) is 4.75. The maximum absolute atomic E-state index is 4.93. The van der Waals surface area contributed by atoms with Crippen molar-refractivity contribution in [3.05, 3.63) is 72.2 Å². The molecule has 0 unspecified atom stereocenters. The molecule has 29 heavy (non-hydrogen) atoms. The summed E-state index contributed by atoms with van der Waals surface area (Å²) < 4.78 is 7.27. The van der Waals surface area contributed by atoms with Gasteiger partial charge < -0.3 is 14.6 Å². The number of fused-ring (bicyclic) bond motifs is 5. The monoisotopic (exact) mass is 390 g/mol. The first kappa shape index (κ1) is 21.0. The van der Waals surface area contributed by atoms with Crippen LogP contribution >= 0.6 is 0 Å². The summed E-state index contributed by atoms with van der Waals surface area (Å²) in [5.41, 5.74) is 4.52. The predicted molar refractivity (Wildman–Crippen MR) is 120 cm³/mol. The first-order valence-electron chi connectivity index (χ1n) is 10.3. The highest BCUT2D eigenvalue weighted by Gasteiger charge is 2.15. The lowest BCUT2D eigenvalue weighted by Crippen LogP contribution is -2.17. The van der Waals surface area contributed by atoms with Gasteiger partial charge in [0.25, 0.3) is 0 Å². The fraction of sp³-hybridized carbons (Fsp3) is 0.333. The van der Waals surface area contributed by atoms with Gasteiger partial charge in [-0.3, -0.25) is 4.98 Å². The van der Waals surface area contributed by atoms with Gasteiger partial charge in [-0.05, 0) is 11.6 Å². The number of nitrogens with one attached hydrogen (secondary N) is 1. The molecule has 0 spiro atoms. The smallest absolute Gasteiger partial charge is 0.111 e. The highest BCUT2D eigenvalue weighted by molar-refractivity contribution is 6.02. The van der Waals surface area contributed by atoms with Crippen molar-refractivity contribution in [3.8, 4) is 0 Å². The van der Waals surface area contributed by atoms with Crippen LogP contribution in [-0.2, 0) is 24.3 Å². The lowest BCUT2D eigenvalue weighted by molar-refractivity contribution is 0.185. The Bertz CT molecular complexity index is 1030. The van der Waals surface area contributed by atoms with Gasteiger partial charge in [0.05, 0.1) is 23.8 Å². The lowest BCUT2D eigenvalue weighted by atomic mass is 10.2. The number of imidazole rings is 1. The van der Waals surface area contributed by atoms with Crippen molar-refractivity contribution in [2.24, 2.45) is 0 Å². The van der Waals surface area contributed by atoms with E-state index in [4.69, 9.17) is 9.72 Å². The van der Waals surface area contributed by atoms with Gasteiger partial charge >= 0.3 is 0 Å². The van der Waals surface area contributed by atoms with Crippen LogP contribution < -0.4 is 5.32 Å². The summed E-state index contributed by atoms with van der Waals surface area (Å²) in [5, 5.41) is 4.62. The SMILES string of the molecule is CC.COCc1ccccc1.c1ccc2c(c1)ncc1nc3n(c12)CCNCC3. The zero-order valence-corrected chi connectivity index (χ0v) is 17.6. The normalized spacial score (nSPS) is 12.9. The quantitative estimate of drug-likeness (QED) is 0.544. The van der Waals surface area contributed by atoms with Crippen molar-refractivity contribution in [2.75, 3.05) is 20.2 Å². The van der Waals surface area contributed by atoms with E-state index in [-0.39, 0.29) is 0 Å². The summed E-state index contributed by atoms with van der Waals surface area (Å²) in [5.74, 6) is 1.17. The van der Waals surface area contributed by atoms with Gasteiger partial charge in [0.15, 0.2) is 0 Å². The molecular weight excluding hydrogens is 360 g/mol. The number of para-hydroxylation sites is 1. The number of benzene rings is 2. The zero-order chi connectivity index (χ0) is 20.5. The van der Waals surface area contributed by atoms with Crippen molar-refractivity contribution >= 4 is 21.9 Å². The van der Waals surface area contributed by atoms with Crippen LogP contribution in [0.1, 0.15) is 25.2 Å². The molecule has 0 bridgehead atoms. The molecule has 152 valence electrons. The second-order valence-corrected chi connectivity index (χ2v) is 6.61. The van der Waals surface area contributed by atoms with Crippen molar-refractivity contribution < 1.29 is 4.74 Å². The van der Waals surface area contributed by atoms with Crippen LogP contribution in [0.15, 0.2) is 60.8 Å². The Hall–Kier alpha value is -2.76. The lowest BCUT2D eigenvalue weighted by Gasteiger charge is -2.06. The van der Waals surface area contributed by atoms with Crippen LogP contribution in [0.4, 0.5) is 0 Å². The molecule has 3 heterocycles. The minimum absolute atomic E-state index is 0.709. The van der Waals surface area contributed by atoms with Crippen LogP contribution in [0, 0.1) is 0 Å². The van der Waals surface area contributed by atoms with Crippen molar-refractivity contribution in [2.45, 2.75) is 33.4 Å². The van der Waals surface area contributed by atoms with E-state index in [0.29, 0.717) is 6.61 Å². The first-order valence-corrected chi connectivity index (χ1v) is 10.3.